The van der Waals surface area contributed by atoms with Crippen molar-refractivity contribution in [2.75, 3.05) is 5.75 Å². The van der Waals surface area contributed by atoms with Crippen molar-refractivity contribution in [2.24, 2.45) is 0 Å². The molecule has 6 aromatic carbocycles. The van der Waals surface area contributed by atoms with Gasteiger partial charge in [0.1, 0.15) is 27.6 Å². The van der Waals surface area contributed by atoms with Crippen molar-refractivity contribution in [2.45, 2.75) is 67.0 Å². The molecular weight excluding hydrogens is 1080 g/mol. The average Bonchev–Trinajstić information content (AvgIpc) is 3.27. The Hall–Kier alpha value is -6.15. The summed E-state index contributed by atoms with van der Waals surface area (Å²) in [5.41, 5.74) is -29.1. The van der Waals surface area contributed by atoms with Crippen LogP contribution >= 0.6 is 0 Å². The van der Waals surface area contributed by atoms with Gasteiger partial charge in [-0.15, -0.1) is 0 Å². The van der Waals surface area contributed by atoms with E-state index >= 15 is 0 Å². The van der Waals surface area contributed by atoms with Gasteiger partial charge in [-0.1, -0.05) is 101 Å². The van der Waals surface area contributed by atoms with Crippen LogP contribution in [0.3, 0.4) is 0 Å². The van der Waals surface area contributed by atoms with Crippen LogP contribution in [0.15, 0.2) is 138 Å². The van der Waals surface area contributed by atoms with E-state index in [-0.39, 0.29) is 0 Å². The monoisotopic (exact) mass is 1110 g/mol. The third-order valence-electron chi connectivity index (χ3n) is 11.3. The van der Waals surface area contributed by atoms with Gasteiger partial charge in [0.2, 0.25) is 0 Å². The van der Waals surface area contributed by atoms with Gasteiger partial charge in [0.05, 0.1) is 44.5 Å². The first kappa shape index (κ1) is 58.7. The number of halogens is 24. The second kappa shape index (κ2) is 20.2. The molecule has 0 amide bonds. The van der Waals surface area contributed by atoms with Crippen molar-refractivity contribution in [1.82, 2.24) is 0 Å². The minimum Gasteiger partial charge on any atom is -0.194 e. The molecule has 0 aliphatic heterocycles. The minimum atomic E-state index is -6.13. The SMILES string of the molecule is CC[S+](=O)(Cc1ccccc1)c1ccccc1.FC(F)(F)c1cc([B-](c2cc(C(F)(F)F)cc(C(F)(F)F)c2)(c2cc(C(F)(F)F)cc(C(F)(F)F)c2)c2cc(C(F)(F)F)cc(C(F)(F)F)c2)cc(C(F)(F)F)c1. The molecule has 6 rings (SSSR count). The Balaban J connectivity index is 0.000000500. The van der Waals surface area contributed by atoms with Crippen LogP contribution < -0.4 is 21.9 Å². The summed E-state index contributed by atoms with van der Waals surface area (Å²) in [5.74, 6) is 1.32. The summed E-state index contributed by atoms with van der Waals surface area (Å²) in [4.78, 5) is 0.964. The van der Waals surface area contributed by atoms with Gasteiger partial charge >= 0.3 is 49.4 Å². The topological polar surface area (TPSA) is 17.1 Å². The molecule has 0 fully saturated rings. The molecule has 0 saturated carbocycles. The van der Waals surface area contributed by atoms with Gasteiger partial charge in [0.25, 0.3) is 0 Å². The summed E-state index contributed by atoms with van der Waals surface area (Å²) in [7, 11) is -1.96. The molecule has 1 unspecified atom stereocenters. The summed E-state index contributed by atoms with van der Waals surface area (Å²) in [6.45, 7) is 2.00. The Morgan fingerprint density at radius 3 is 0.716 bits per heavy atom. The number of alkyl halides is 24. The predicted molar refractivity (Wildman–Crippen MR) is 224 cm³/mol. The lowest BCUT2D eigenvalue weighted by molar-refractivity contribution is -0.144. The Morgan fingerprint density at radius 1 is 0.324 bits per heavy atom. The highest BCUT2D eigenvalue weighted by Gasteiger charge is 2.47. The van der Waals surface area contributed by atoms with E-state index in [0.29, 0.717) is 11.5 Å². The second-order valence-corrected chi connectivity index (χ2v) is 19.2. The van der Waals surface area contributed by atoms with Crippen LogP contribution in [0.5, 0.6) is 0 Å². The zero-order valence-electron chi connectivity index (χ0n) is 36.6. The van der Waals surface area contributed by atoms with Crippen LogP contribution in [0.25, 0.3) is 0 Å². The standard InChI is InChI=1S/C32H12BF24.C15H17OS/c34-25(35,36)13-1-14(26(37,38)39)6-21(5-13)33(22-7-15(27(40,41)42)2-16(8-22)28(43,44)45,23-9-17(29(46,47)48)3-18(10-23)30(49,50)51)24-11-19(31(52,53)54)4-20(12-24)32(55,56)57;1-2-17(16,15-11-7-4-8-12-15)13-14-9-5-3-6-10-14/h1-12H;3-12H,2,13H2,1H3/q-1;+1. The lowest BCUT2D eigenvalue weighted by Crippen LogP contribution is -2.75. The number of hydrogen-bond donors (Lipinski definition) is 0. The van der Waals surface area contributed by atoms with Gasteiger partial charge in [-0.2, -0.15) is 127 Å². The van der Waals surface area contributed by atoms with Crippen LogP contribution in [0, 0.1) is 0 Å². The van der Waals surface area contributed by atoms with Crippen LogP contribution in [0.1, 0.15) is 57.0 Å². The zero-order chi connectivity index (χ0) is 56.1. The molecule has 0 N–H and O–H groups in total. The first-order valence-corrected chi connectivity index (χ1v) is 22.3. The van der Waals surface area contributed by atoms with Crippen LogP contribution in [-0.2, 0) is 69.3 Å². The van der Waals surface area contributed by atoms with Gasteiger partial charge in [-0.3, -0.25) is 0 Å². The van der Waals surface area contributed by atoms with Crippen molar-refractivity contribution < 1.29 is 110 Å². The molecule has 1 atom stereocenters. The number of benzene rings is 6. The Bertz CT molecular complexity index is 2540. The summed E-state index contributed by atoms with van der Waals surface area (Å²) in [5, 5.41) is 0. The molecule has 0 saturated heterocycles. The normalized spacial score (nSPS) is 14.3. The molecule has 400 valence electrons. The van der Waals surface area contributed by atoms with E-state index in [1.165, 1.54) is 0 Å². The van der Waals surface area contributed by atoms with Crippen LogP contribution in [0.4, 0.5) is 105 Å². The lowest BCUT2D eigenvalue weighted by atomic mass is 9.12. The van der Waals surface area contributed by atoms with Gasteiger partial charge in [-0.25, -0.2) is 0 Å². The summed E-state index contributed by atoms with van der Waals surface area (Å²) in [6.07, 6.45) is -54.8. The third-order valence-corrected chi connectivity index (χ3v) is 14.2. The lowest BCUT2D eigenvalue weighted by Gasteiger charge is -2.46. The highest BCUT2D eigenvalue weighted by Crippen LogP contribution is 2.41. The maximum atomic E-state index is 14.2. The third kappa shape index (κ3) is 13.4. The first-order valence-electron chi connectivity index (χ1n) is 20.4. The molecule has 0 bridgehead atoms. The molecule has 0 heterocycles. The van der Waals surface area contributed by atoms with E-state index in [0.717, 1.165) is 10.5 Å². The quantitative estimate of drug-likeness (QED) is 0.0843. The summed E-state index contributed by atoms with van der Waals surface area (Å²) < 4.78 is 354. The Morgan fingerprint density at radius 2 is 0.527 bits per heavy atom. The molecule has 1 nitrogen and oxygen atoms in total. The fourth-order valence-corrected chi connectivity index (χ4v) is 10.0. The highest BCUT2D eigenvalue weighted by molar-refractivity contribution is 8.02. The molecule has 0 spiro atoms. The second-order valence-electron chi connectivity index (χ2n) is 16.3. The van der Waals surface area contributed by atoms with Crippen molar-refractivity contribution in [3.8, 4) is 0 Å². The largest absolute Gasteiger partial charge is 0.416 e. The van der Waals surface area contributed by atoms with Crippen LogP contribution in [0.2, 0.25) is 0 Å². The van der Waals surface area contributed by atoms with Crippen molar-refractivity contribution in [1.29, 1.82) is 0 Å². The van der Waals surface area contributed by atoms with Crippen molar-refractivity contribution in [3.05, 3.63) is 184 Å². The fourth-order valence-electron chi connectivity index (χ4n) is 7.93. The van der Waals surface area contributed by atoms with Crippen molar-refractivity contribution >= 4 is 37.9 Å². The van der Waals surface area contributed by atoms with Gasteiger partial charge in [0, 0.05) is 5.56 Å². The molecule has 0 radical (unpaired) electrons. The predicted octanol–water partition coefficient (Wildman–Crippen LogP) is 15.0. The number of rotatable bonds is 8. The van der Waals surface area contributed by atoms with Crippen molar-refractivity contribution in [3.63, 3.8) is 0 Å². The number of hydrogen-bond acceptors (Lipinski definition) is 1. The maximum absolute atomic E-state index is 14.2. The molecular formula is C47H29BF24OS. The Labute approximate surface area is 403 Å². The molecule has 0 aliphatic carbocycles. The van der Waals surface area contributed by atoms with E-state index < -0.39 is 205 Å². The first-order chi connectivity index (χ1) is 33.5. The zero-order valence-corrected chi connectivity index (χ0v) is 37.4. The minimum absolute atomic E-state index is 0.633. The smallest absolute Gasteiger partial charge is 0.194 e. The van der Waals surface area contributed by atoms with E-state index in [2.05, 4.69) is 0 Å². The van der Waals surface area contributed by atoms with Crippen LogP contribution in [-0.4, -0.2) is 11.9 Å². The molecule has 6 aromatic rings. The van der Waals surface area contributed by atoms with Gasteiger partial charge in [0.15, 0.2) is 4.90 Å². The van der Waals surface area contributed by atoms with E-state index in [1.54, 1.807) is 0 Å². The average molecular weight is 1110 g/mol. The van der Waals surface area contributed by atoms with E-state index in [1.807, 2.05) is 67.6 Å². The summed E-state index contributed by atoms with van der Waals surface area (Å²) >= 11 is 0. The van der Waals surface area contributed by atoms with Gasteiger partial charge < -0.3 is 0 Å². The molecule has 0 aliphatic rings. The van der Waals surface area contributed by atoms with Gasteiger partial charge in [-0.05, 0) is 43.3 Å². The maximum Gasteiger partial charge on any atom is 0.416 e. The van der Waals surface area contributed by atoms with E-state index in [9.17, 15) is 110 Å². The molecule has 0 aromatic heterocycles. The Kier molecular flexibility index (Phi) is 16.0. The molecule has 74 heavy (non-hydrogen) atoms. The highest BCUT2D eigenvalue weighted by atomic mass is 32.2. The fraction of sp³-hybridized carbons (Fsp3) is 0.234. The molecule has 27 heteroatoms. The summed E-state index contributed by atoms with van der Waals surface area (Å²) in [6, 6.07) is 11.0. The van der Waals surface area contributed by atoms with E-state index in [4.69, 9.17) is 0 Å².